The summed E-state index contributed by atoms with van der Waals surface area (Å²) in [6, 6.07) is 0.497. The Morgan fingerprint density at radius 2 is 1.69 bits per heavy atom. The zero-order chi connectivity index (χ0) is 12.0. The first-order valence-corrected chi connectivity index (χ1v) is 5.27. The molecule has 0 saturated carbocycles. The summed E-state index contributed by atoms with van der Waals surface area (Å²) in [6.45, 7) is 5.11. The second-order valence-electron chi connectivity index (χ2n) is 3.53. The van der Waals surface area contributed by atoms with Crippen molar-refractivity contribution in [2.24, 2.45) is 5.92 Å². The lowest BCUT2D eigenvalue weighted by molar-refractivity contribution is 0.341. The molecule has 16 heavy (non-hydrogen) atoms. The molecule has 0 bridgehead atoms. The number of methoxy groups -OCH3 is 2. The molecular weight excluding hydrogens is 208 g/mol. The Morgan fingerprint density at radius 3 is 2.12 bits per heavy atom. The number of aromatic nitrogens is 3. The van der Waals surface area contributed by atoms with Gasteiger partial charge in [-0.15, -0.1) is 4.98 Å². The molecule has 1 aromatic heterocycles. The number of ether oxygens (including phenoxy) is 2. The number of rotatable bonds is 6. The summed E-state index contributed by atoms with van der Waals surface area (Å²) in [4.78, 5) is 12.1. The summed E-state index contributed by atoms with van der Waals surface area (Å²) in [5.41, 5.74) is 0. The van der Waals surface area contributed by atoms with Crippen LogP contribution in [0.15, 0.2) is 0 Å². The van der Waals surface area contributed by atoms with E-state index in [9.17, 15) is 0 Å². The van der Waals surface area contributed by atoms with Crippen LogP contribution in [0.1, 0.15) is 20.3 Å². The Balaban J connectivity index is 2.71. The van der Waals surface area contributed by atoms with E-state index in [0.717, 1.165) is 13.0 Å². The molecule has 0 aliphatic carbocycles. The number of anilines is 1. The van der Waals surface area contributed by atoms with Crippen LogP contribution in [-0.4, -0.2) is 35.7 Å². The molecule has 6 heteroatoms. The summed E-state index contributed by atoms with van der Waals surface area (Å²) in [7, 11) is 3.01. The van der Waals surface area contributed by atoms with Crippen LogP contribution in [0.4, 0.5) is 5.95 Å². The molecule has 1 N–H and O–H groups in total. The van der Waals surface area contributed by atoms with E-state index in [-0.39, 0.29) is 12.0 Å². The van der Waals surface area contributed by atoms with Gasteiger partial charge in [0.25, 0.3) is 0 Å². The number of nitrogens with one attached hydrogen (secondary N) is 1. The van der Waals surface area contributed by atoms with E-state index in [1.54, 1.807) is 0 Å². The predicted octanol–water partition coefficient (Wildman–Crippen LogP) is 1.35. The van der Waals surface area contributed by atoms with Gasteiger partial charge in [-0.2, -0.15) is 9.97 Å². The minimum Gasteiger partial charge on any atom is -0.467 e. The zero-order valence-corrected chi connectivity index (χ0v) is 10.1. The van der Waals surface area contributed by atoms with Gasteiger partial charge in [-0.25, -0.2) is 0 Å². The SMILES string of the molecule is CCC(C)CNc1nc(OC)nc(OC)n1. The van der Waals surface area contributed by atoms with E-state index in [2.05, 4.69) is 34.1 Å². The molecule has 1 atom stereocenters. The molecule has 0 fully saturated rings. The van der Waals surface area contributed by atoms with E-state index in [1.165, 1.54) is 14.2 Å². The summed E-state index contributed by atoms with van der Waals surface area (Å²) in [6.07, 6.45) is 1.10. The van der Waals surface area contributed by atoms with Crippen LogP contribution in [0.5, 0.6) is 12.0 Å². The minimum absolute atomic E-state index is 0.249. The van der Waals surface area contributed by atoms with Gasteiger partial charge >= 0.3 is 12.0 Å². The quantitative estimate of drug-likeness (QED) is 0.789. The third-order valence-corrected chi connectivity index (χ3v) is 2.27. The number of nitrogens with zero attached hydrogens (tertiary/aromatic N) is 3. The maximum Gasteiger partial charge on any atom is 0.324 e. The first kappa shape index (κ1) is 12.5. The standard InChI is InChI=1S/C10H18N4O2/c1-5-7(2)6-11-8-12-9(15-3)14-10(13-8)16-4/h7H,5-6H2,1-4H3,(H,11,12,13,14). The average Bonchev–Trinajstić information content (AvgIpc) is 2.35. The molecule has 1 unspecified atom stereocenters. The van der Waals surface area contributed by atoms with Crippen molar-refractivity contribution in [3.05, 3.63) is 0 Å². The largest absolute Gasteiger partial charge is 0.467 e. The van der Waals surface area contributed by atoms with Crippen molar-refractivity contribution in [1.82, 2.24) is 15.0 Å². The maximum atomic E-state index is 4.95. The maximum absolute atomic E-state index is 4.95. The summed E-state index contributed by atoms with van der Waals surface area (Å²) < 4.78 is 9.90. The van der Waals surface area contributed by atoms with Crippen molar-refractivity contribution in [2.45, 2.75) is 20.3 Å². The van der Waals surface area contributed by atoms with Crippen LogP contribution >= 0.6 is 0 Å². The second kappa shape index (κ2) is 6.09. The fourth-order valence-electron chi connectivity index (χ4n) is 1.01. The molecule has 6 nitrogen and oxygen atoms in total. The Kier molecular flexibility index (Phi) is 4.75. The molecule has 0 aromatic carbocycles. The van der Waals surface area contributed by atoms with Gasteiger partial charge in [-0.1, -0.05) is 20.3 Å². The molecule has 0 aliphatic heterocycles. The van der Waals surface area contributed by atoms with Gasteiger partial charge in [0.05, 0.1) is 14.2 Å². The summed E-state index contributed by atoms with van der Waals surface area (Å²) in [5, 5.41) is 3.12. The highest BCUT2D eigenvalue weighted by molar-refractivity contribution is 5.27. The summed E-state index contributed by atoms with van der Waals surface area (Å²) >= 11 is 0. The van der Waals surface area contributed by atoms with E-state index in [0.29, 0.717) is 11.9 Å². The highest BCUT2D eigenvalue weighted by atomic mass is 16.5. The van der Waals surface area contributed by atoms with E-state index >= 15 is 0 Å². The molecule has 0 amide bonds. The first-order valence-electron chi connectivity index (χ1n) is 5.27. The molecule has 90 valence electrons. The lowest BCUT2D eigenvalue weighted by Gasteiger charge is -2.10. The van der Waals surface area contributed by atoms with E-state index in [4.69, 9.17) is 9.47 Å². The monoisotopic (exact) mass is 226 g/mol. The third kappa shape index (κ3) is 3.52. The van der Waals surface area contributed by atoms with Crippen LogP contribution in [0.2, 0.25) is 0 Å². The van der Waals surface area contributed by atoms with Crippen LogP contribution in [0.25, 0.3) is 0 Å². The predicted molar refractivity (Wildman–Crippen MR) is 60.9 cm³/mol. The lowest BCUT2D eigenvalue weighted by atomic mass is 10.1. The highest BCUT2D eigenvalue weighted by Crippen LogP contribution is 2.12. The van der Waals surface area contributed by atoms with Crippen molar-refractivity contribution < 1.29 is 9.47 Å². The fraction of sp³-hybridized carbons (Fsp3) is 0.700. The van der Waals surface area contributed by atoms with Crippen molar-refractivity contribution >= 4 is 5.95 Å². The number of hydrogen-bond donors (Lipinski definition) is 1. The molecular formula is C10H18N4O2. The van der Waals surface area contributed by atoms with Crippen LogP contribution < -0.4 is 14.8 Å². The Bertz CT molecular complexity index is 310. The number of hydrogen-bond acceptors (Lipinski definition) is 6. The lowest BCUT2D eigenvalue weighted by Crippen LogP contribution is -2.13. The van der Waals surface area contributed by atoms with E-state index in [1.807, 2.05) is 0 Å². The van der Waals surface area contributed by atoms with Crippen molar-refractivity contribution in [2.75, 3.05) is 26.1 Å². The minimum atomic E-state index is 0.249. The Hall–Kier alpha value is -1.59. The molecule has 1 heterocycles. The molecule has 0 saturated heterocycles. The van der Waals surface area contributed by atoms with Gasteiger partial charge in [0.2, 0.25) is 5.95 Å². The molecule has 0 spiro atoms. The third-order valence-electron chi connectivity index (χ3n) is 2.27. The van der Waals surface area contributed by atoms with Gasteiger partial charge in [0.1, 0.15) is 0 Å². The van der Waals surface area contributed by atoms with Crippen molar-refractivity contribution in [1.29, 1.82) is 0 Å². The smallest absolute Gasteiger partial charge is 0.324 e. The Morgan fingerprint density at radius 1 is 1.12 bits per heavy atom. The average molecular weight is 226 g/mol. The second-order valence-corrected chi connectivity index (χ2v) is 3.53. The molecule has 0 radical (unpaired) electrons. The molecule has 1 aromatic rings. The van der Waals surface area contributed by atoms with Crippen LogP contribution in [0, 0.1) is 5.92 Å². The topological polar surface area (TPSA) is 69.2 Å². The van der Waals surface area contributed by atoms with Gasteiger partial charge in [0, 0.05) is 6.54 Å². The first-order chi connectivity index (χ1) is 7.69. The fourth-order valence-corrected chi connectivity index (χ4v) is 1.01. The van der Waals surface area contributed by atoms with Crippen LogP contribution in [-0.2, 0) is 0 Å². The van der Waals surface area contributed by atoms with Gasteiger partial charge in [-0.3, -0.25) is 0 Å². The van der Waals surface area contributed by atoms with Gasteiger partial charge in [-0.05, 0) is 5.92 Å². The Labute approximate surface area is 95.4 Å². The van der Waals surface area contributed by atoms with Gasteiger partial charge in [0.15, 0.2) is 0 Å². The summed E-state index contributed by atoms with van der Waals surface area (Å²) in [5.74, 6) is 1.04. The van der Waals surface area contributed by atoms with Crippen molar-refractivity contribution in [3.8, 4) is 12.0 Å². The molecule has 0 aliphatic rings. The highest BCUT2D eigenvalue weighted by Gasteiger charge is 2.07. The molecule has 1 rings (SSSR count). The zero-order valence-electron chi connectivity index (χ0n) is 10.1. The van der Waals surface area contributed by atoms with E-state index < -0.39 is 0 Å². The van der Waals surface area contributed by atoms with Crippen molar-refractivity contribution in [3.63, 3.8) is 0 Å². The normalized spacial score (nSPS) is 12.0. The van der Waals surface area contributed by atoms with Crippen LogP contribution in [0.3, 0.4) is 0 Å². The van der Waals surface area contributed by atoms with Gasteiger partial charge < -0.3 is 14.8 Å².